The summed E-state index contributed by atoms with van der Waals surface area (Å²) >= 11 is 5.93. The zero-order valence-corrected chi connectivity index (χ0v) is 15.1. The first-order valence-corrected chi connectivity index (χ1v) is 8.75. The Morgan fingerprint density at radius 2 is 1.84 bits per heavy atom. The molecular weight excluding hydrogens is 336 g/mol. The van der Waals surface area contributed by atoms with Gasteiger partial charge >= 0.3 is 0 Å². The van der Waals surface area contributed by atoms with Crippen molar-refractivity contribution in [1.29, 1.82) is 0 Å². The van der Waals surface area contributed by atoms with Gasteiger partial charge in [-0.15, -0.1) is 0 Å². The Hall–Kier alpha value is -2.17. The number of anilines is 1. The number of rotatable bonds is 5. The van der Waals surface area contributed by atoms with Crippen LogP contribution in [0.2, 0.25) is 5.02 Å². The highest BCUT2D eigenvalue weighted by atomic mass is 35.5. The van der Waals surface area contributed by atoms with Gasteiger partial charge in [-0.05, 0) is 50.2 Å². The van der Waals surface area contributed by atoms with Crippen LogP contribution in [0.1, 0.15) is 12.0 Å². The van der Waals surface area contributed by atoms with Crippen LogP contribution in [0.5, 0.6) is 0 Å². The van der Waals surface area contributed by atoms with Gasteiger partial charge < -0.3 is 15.0 Å². The molecule has 1 fully saturated rings. The Bertz CT molecular complexity index is 691. The third kappa shape index (κ3) is 5.41. The predicted octanol–water partition coefficient (Wildman–Crippen LogP) is 3.34. The molecule has 1 aliphatic rings. The summed E-state index contributed by atoms with van der Waals surface area (Å²) in [7, 11) is 1.94. The minimum atomic E-state index is -0.435. The number of hydrogen-bond acceptors (Lipinski definition) is 3. The van der Waals surface area contributed by atoms with E-state index in [9.17, 15) is 9.59 Å². The quantitative estimate of drug-likeness (QED) is 0.658. The molecule has 1 aliphatic heterocycles. The van der Waals surface area contributed by atoms with Gasteiger partial charge in [-0.1, -0.05) is 48.0 Å². The minimum absolute atomic E-state index is 0.0776. The van der Waals surface area contributed by atoms with Crippen LogP contribution in [0, 0.1) is 5.92 Å². The highest BCUT2D eigenvalue weighted by Gasteiger charge is 2.31. The highest BCUT2D eigenvalue weighted by molar-refractivity contribution is 6.31. The summed E-state index contributed by atoms with van der Waals surface area (Å²) in [5.74, 6) is -0.513. The maximum Gasteiger partial charge on any atom is 0.237 e. The molecule has 2 aromatic rings. The first-order chi connectivity index (χ1) is 12.2. The highest BCUT2D eigenvalue weighted by Crippen LogP contribution is 2.23. The van der Waals surface area contributed by atoms with Crippen LogP contribution in [-0.2, 0) is 16.0 Å². The first kappa shape index (κ1) is 19.2. The van der Waals surface area contributed by atoms with Crippen molar-refractivity contribution < 1.29 is 9.59 Å². The number of carbonyl (C=O) groups is 2. The second-order valence-electron chi connectivity index (χ2n) is 5.80. The molecule has 132 valence electrons. The zero-order valence-electron chi connectivity index (χ0n) is 14.3. The maximum atomic E-state index is 11.6. The van der Waals surface area contributed by atoms with Gasteiger partial charge in [0.25, 0.3) is 0 Å². The summed E-state index contributed by atoms with van der Waals surface area (Å²) in [4.78, 5) is 23.8. The van der Waals surface area contributed by atoms with E-state index in [1.807, 2.05) is 55.6 Å². The summed E-state index contributed by atoms with van der Waals surface area (Å²) in [6.07, 6.45) is 2.37. The van der Waals surface area contributed by atoms with E-state index in [0.717, 1.165) is 30.0 Å². The normalized spacial score (nSPS) is 16.3. The summed E-state index contributed by atoms with van der Waals surface area (Å²) in [5, 5.41) is 3.95. The monoisotopic (exact) mass is 358 g/mol. The number of nitrogens with one attached hydrogen (secondary N) is 1. The van der Waals surface area contributed by atoms with Crippen molar-refractivity contribution in [2.24, 2.45) is 5.92 Å². The van der Waals surface area contributed by atoms with Crippen molar-refractivity contribution in [3.63, 3.8) is 0 Å². The Balaban J connectivity index is 0.000000186. The molecule has 0 radical (unpaired) electrons. The van der Waals surface area contributed by atoms with Crippen molar-refractivity contribution in [2.45, 2.75) is 12.8 Å². The third-order valence-electron chi connectivity index (χ3n) is 4.08. The lowest BCUT2D eigenvalue weighted by atomic mass is 10.1. The largest absolute Gasteiger partial charge is 0.319 e. The van der Waals surface area contributed by atoms with Crippen molar-refractivity contribution in [3.05, 3.63) is 65.2 Å². The van der Waals surface area contributed by atoms with E-state index in [1.54, 1.807) is 4.90 Å². The summed E-state index contributed by atoms with van der Waals surface area (Å²) in [6.45, 7) is 1.62. The lowest BCUT2D eigenvalue weighted by molar-refractivity contribution is -0.124. The van der Waals surface area contributed by atoms with Crippen molar-refractivity contribution in [2.75, 3.05) is 25.0 Å². The number of benzene rings is 2. The Kier molecular flexibility index (Phi) is 7.64. The SMILES string of the molecule is CNCCc1ccccc1Cl.O=CC1CCN(c2ccccc2)C1=O. The average Bonchev–Trinajstić information content (AvgIpc) is 3.03. The first-order valence-electron chi connectivity index (χ1n) is 8.37. The molecule has 0 aromatic heterocycles. The van der Waals surface area contributed by atoms with E-state index >= 15 is 0 Å². The smallest absolute Gasteiger partial charge is 0.237 e. The molecule has 1 heterocycles. The lowest BCUT2D eigenvalue weighted by Gasteiger charge is -2.15. The fourth-order valence-corrected chi connectivity index (χ4v) is 2.88. The van der Waals surface area contributed by atoms with Gasteiger partial charge in [0, 0.05) is 17.3 Å². The molecule has 3 rings (SSSR count). The van der Waals surface area contributed by atoms with Crippen molar-refractivity contribution in [1.82, 2.24) is 5.32 Å². The van der Waals surface area contributed by atoms with E-state index < -0.39 is 5.92 Å². The minimum Gasteiger partial charge on any atom is -0.319 e. The van der Waals surface area contributed by atoms with E-state index in [0.29, 0.717) is 13.0 Å². The fraction of sp³-hybridized carbons (Fsp3) is 0.300. The van der Waals surface area contributed by atoms with Gasteiger partial charge in [0.1, 0.15) is 6.29 Å². The predicted molar refractivity (Wildman–Crippen MR) is 102 cm³/mol. The van der Waals surface area contributed by atoms with Gasteiger partial charge in [-0.25, -0.2) is 0 Å². The average molecular weight is 359 g/mol. The van der Waals surface area contributed by atoms with Crippen LogP contribution in [0.3, 0.4) is 0 Å². The molecule has 0 saturated carbocycles. The number of likely N-dealkylation sites (N-methyl/N-ethyl adjacent to an activating group) is 1. The van der Waals surface area contributed by atoms with Crippen molar-refractivity contribution in [3.8, 4) is 0 Å². The van der Waals surface area contributed by atoms with Crippen LogP contribution in [0.4, 0.5) is 5.69 Å². The van der Waals surface area contributed by atoms with Gasteiger partial charge in [0.05, 0.1) is 5.92 Å². The summed E-state index contributed by atoms with van der Waals surface area (Å²) < 4.78 is 0. The van der Waals surface area contributed by atoms with Crippen LogP contribution in [-0.4, -0.2) is 32.3 Å². The number of nitrogens with zero attached hydrogens (tertiary/aromatic N) is 1. The Morgan fingerprint density at radius 1 is 1.16 bits per heavy atom. The third-order valence-corrected chi connectivity index (χ3v) is 4.45. The Labute approximate surface area is 153 Å². The van der Waals surface area contributed by atoms with Crippen molar-refractivity contribution >= 4 is 29.5 Å². The van der Waals surface area contributed by atoms with Gasteiger partial charge in [-0.3, -0.25) is 4.79 Å². The van der Waals surface area contributed by atoms with Crippen LogP contribution >= 0.6 is 11.6 Å². The zero-order chi connectivity index (χ0) is 18.1. The second kappa shape index (κ2) is 9.97. The van der Waals surface area contributed by atoms with Gasteiger partial charge in [-0.2, -0.15) is 0 Å². The lowest BCUT2D eigenvalue weighted by Crippen LogP contribution is -2.27. The second-order valence-corrected chi connectivity index (χ2v) is 6.21. The molecule has 1 atom stereocenters. The molecule has 0 aliphatic carbocycles. The molecule has 4 nitrogen and oxygen atoms in total. The van der Waals surface area contributed by atoms with Crippen LogP contribution in [0.25, 0.3) is 0 Å². The van der Waals surface area contributed by atoms with E-state index in [2.05, 4.69) is 11.4 Å². The molecule has 0 spiro atoms. The topological polar surface area (TPSA) is 49.4 Å². The van der Waals surface area contributed by atoms with Gasteiger partial charge in [0.2, 0.25) is 5.91 Å². The number of hydrogen-bond donors (Lipinski definition) is 1. The summed E-state index contributed by atoms with van der Waals surface area (Å²) in [5.41, 5.74) is 2.09. The van der Waals surface area contributed by atoms with Crippen LogP contribution in [0.15, 0.2) is 54.6 Å². The number of amides is 1. The fourth-order valence-electron chi connectivity index (χ4n) is 2.65. The molecule has 1 N–H and O–H groups in total. The number of carbonyl (C=O) groups excluding carboxylic acids is 2. The number of halogens is 1. The molecule has 2 aromatic carbocycles. The van der Waals surface area contributed by atoms with Gasteiger partial charge in [0.15, 0.2) is 0 Å². The van der Waals surface area contributed by atoms with Crippen LogP contribution < -0.4 is 10.2 Å². The maximum absolute atomic E-state index is 11.6. The number of para-hydroxylation sites is 1. The molecule has 5 heteroatoms. The molecular formula is C20H23ClN2O2. The van der Waals surface area contributed by atoms with E-state index in [-0.39, 0.29) is 5.91 Å². The standard InChI is InChI=1S/C11H11NO2.C9H12ClN/c13-8-9-6-7-12(11(9)14)10-4-2-1-3-5-10;1-11-7-6-8-4-2-3-5-9(8)10/h1-5,8-9H,6-7H2;2-5,11H,6-7H2,1H3. The molecule has 1 saturated heterocycles. The summed E-state index contributed by atoms with van der Waals surface area (Å²) in [6, 6.07) is 17.4. The number of aldehydes is 1. The molecule has 1 amide bonds. The molecule has 25 heavy (non-hydrogen) atoms. The molecule has 1 unspecified atom stereocenters. The van der Waals surface area contributed by atoms with E-state index in [4.69, 9.17) is 11.6 Å². The molecule has 0 bridgehead atoms. The Morgan fingerprint density at radius 3 is 2.44 bits per heavy atom. The van der Waals surface area contributed by atoms with E-state index in [1.165, 1.54) is 5.56 Å².